The number of hydrogen-bond donors (Lipinski definition) is 2. The van der Waals surface area contributed by atoms with Gasteiger partial charge in [0.15, 0.2) is 0 Å². The monoisotopic (exact) mass is 278 g/mol. The number of rotatable bonds is 9. The molecule has 5 nitrogen and oxygen atoms in total. The van der Waals surface area contributed by atoms with Gasteiger partial charge in [-0.1, -0.05) is 13.8 Å². The van der Waals surface area contributed by atoms with E-state index >= 15 is 0 Å². The Hall–Kier alpha value is -1.62. The van der Waals surface area contributed by atoms with Crippen LogP contribution in [0.15, 0.2) is 18.3 Å². The van der Waals surface area contributed by atoms with Gasteiger partial charge in [0.25, 0.3) is 5.91 Å². The molecule has 0 bridgehead atoms. The Morgan fingerprint density at radius 1 is 1.45 bits per heavy atom. The number of aromatic nitrogens is 1. The van der Waals surface area contributed by atoms with Gasteiger partial charge in [0.05, 0.1) is 0 Å². The van der Waals surface area contributed by atoms with Crippen molar-refractivity contribution in [2.75, 3.05) is 25.0 Å². The van der Waals surface area contributed by atoms with Crippen molar-refractivity contribution < 1.29 is 4.79 Å². The van der Waals surface area contributed by atoms with Crippen LogP contribution in [0.5, 0.6) is 0 Å². The van der Waals surface area contributed by atoms with Crippen molar-refractivity contribution in [3.05, 3.63) is 24.0 Å². The van der Waals surface area contributed by atoms with E-state index in [0.29, 0.717) is 11.7 Å². The summed E-state index contributed by atoms with van der Waals surface area (Å²) in [4.78, 5) is 17.4. The lowest BCUT2D eigenvalue weighted by Gasteiger charge is -2.20. The van der Waals surface area contributed by atoms with Gasteiger partial charge in [-0.05, 0) is 51.5 Å². The molecule has 0 saturated carbocycles. The minimum Gasteiger partial charge on any atom is -0.382 e. The summed E-state index contributed by atoms with van der Waals surface area (Å²) in [5, 5.41) is 3.38. The lowest BCUT2D eigenvalue weighted by molar-refractivity contribution is 0.0995. The molecule has 1 aromatic rings. The molecule has 0 fully saturated rings. The molecule has 1 unspecified atom stereocenters. The Bertz CT molecular complexity index is 418. The van der Waals surface area contributed by atoms with Gasteiger partial charge in [-0.2, -0.15) is 0 Å². The zero-order valence-corrected chi connectivity index (χ0v) is 12.7. The van der Waals surface area contributed by atoms with Crippen molar-refractivity contribution in [3.8, 4) is 0 Å². The van der Waals surface area contributed by atoms with Crippen molar-refractivity contribution in [3.63, 3.8) is 0 Å². The average Bonchev–Trinajstić information content (AvgIpc) is 2.44. The minimum atomic E-state index is -0.497. The van der Waals surface area contributed by atoms with Crippen LogP contribution in [0.2, 0.25) is 0 Å². The number of nitrogens with two attached hydrogens (primary N) is 1. The third kappa shape index (κ3) is 5.57. The van der Waals surface area contributed by atoms with Crippen LogP contribution in [0, 0.1) is 0 Å². The molecule has 0 aromatic carbocycles. The lowest BCUT2D eigenvalue weighted by Crippen LogP contribution is -2.25. The van der Waals surface area contributed by atoms with Gasteiger partial charge in [-0.15, -0.1) is 0 Å². The van der Waals surface area contributed by atoms with Gasteiger partial charge >= 0.3 is 0 Å². The van der Waals surface area contributed by atoms with Gasteiger partial charge in [0, 0.05) is 17.9 Å². The summed E-state index contributed by atoms with van der Waals surface area (Å²) in [6.07, 6.45) is 3.85. The van der Waals surface area contributed by atoms with Crippen LogP contribution in [0.4, 0.5) is 5.69 Å². The van der Waals surface area contributed by atoms with E-state index in [0.717, 1.165) is 38.2 Å². The summed E-state index contributed by atoms with van der Waals surface area (Å²) >= 11 is 0. The first-order valence-electron chi connectivity index (χ1n) is 7.31. The van der Waals surface area contributed by atoms with Crippen molar-refractivity contribution in [1.29, 1.82) is 0 Å². The molecule has 1 aromatic heterocycles. The maximum Gasteiger partial charge on any atom is 0.267 e. The predicted octanol–water partition coefficient (Wildman–Crippen LogP) is 2.10. The Balaban J connectivity index is 2.40. The second-order valence-electron chi connectivity index (χ2n) is 5.01. The van der Waals surface area contributed by atoms with Crippen molar-refractivity contribution >= 4 is 11.6 Å². The number of carbonyl (C=O) groups excluding carboxylic acids is 1. The second-order valence-corrected chi connectivity index (χ2v) is 5.01. The van der Waals surface area contributed by atoms with Crippen LogP contribution < -0.4 is 11.1 Å². The molecule has 0 saturated heterocycles. The molecule has 1 amide bonds. The number of primary amides is 1. The van der Waals surface area contributed by atoms with Crippen LogP contribution in [0.25, 0.3) is 0 Å². The van der Waals surface area contributed by atoms with Gasteiger partial charge in [0.2, 0.25) is 0 Å². The summed E-state index contributed by atoms with van der Waals surface area (Å²) in [5.41, 5.74) is 6.41. The van der Waals surface area contributed by atoms with E-state index in [1.807, 2.05) is 6.07 Å². The zero-order chi connectivity index (χ0) is 15.0. The van der Waals surface area contributed by atoms with Crippen molar-refractivity contribution in [1.82, 2.24) is 9.88 Å². The van der Waals surface area contributed by atoms with E-state index in [1.54, 1.807) is 12.3 Å². The summed E-state index contributed by atoms with van der Waals surface area (Å²) in [6, 6.07) is 3.91. The van der Waals surface area contributed by atoms with E-state index < -0.39 is 5.91 Å². The first-order chi connectivity index (χ1) is 9.56. The Labute approximate surface area is 121 Å². The number of nitrogens with zero attached hydrogens (tertiary/aromatic N) is 2. The third-order valence-electron chi connectivity index (χ3n) is 3.43. The number of nitrogens with one attached hydrogen (secondary N) is 1. The van der Waals surface area contributed by atoms with Crippen LogP contribution >= 0.6 is 0 Å². The van der Waals surface area contributed by atoms with E-state index in [9.17, 15) is 4.79 Å². The van der Waals surface area contributed by atoms with Crippen LogP contribution in [-0.2, 0) is 0 Å². The second kappa shape index (κ2) is 8.53. The molecule has 1 heterocycles. The Morgan fingerprint density at radius 2 is 2.15 bits per heavy atom. The average molecular weight is 278 g/mol. The number of hydrogen-bond acceptors (Lipinski definition) is 4. The maximum absolute atomic E-state index is 11.1. The van der Waals surface area contributed by atoms with Crippen molar-refractivity contribution in [2.45, 2.75) is 39.7 Å². The summed E-state index contributed by atoms with van der Waals surface area (Å²) < 4.78 is 0. The summed E-state index contributed by atoms with van der Waals surface area (Å²) in [6.45, 7) is 9.85. The molecule has 3 N–H and O–H groups in total. The highest BCUT2D eigenvalue weighted by atomic mass is 16.1. The van der Waals surface area contributed by atoms with Crippen molar-refractivity contribution in [2.24, 2.45) is 5.73 Å². The maximum atomic E-state index is 11.1. The molecule has 20 heavy (non-hydrogen) atoms. The molecule has 0 aliphatic carbocycles. The Morgan fingerprint density at radius 3 is 2.75 bits per heavy atom. The van der Waals surface area contributed by atoms with Crippen LogP contribution in [-0.4, -0.2) is 41.5 Å². The zero-order valence-electron chi connectivity index (χ0n) is 12.7. The van der Waals surface area contributed by atoms with Crippen LogP contribution in [0.3, 0.4) is 0 Å². The number of amides is 1. The first-order valence-corrected chi connectivity index (χ1v) is 7.31. The molecular formula is C15H26N4O. The van der Waals surface area contributed by atoms with E-state index in [-0.39, 0.29) is 0 Å². The lowest BCUT2D eigenvalue weighted by atomic mass is 10.1. The van der Waals surface area contributed by atoms with E-state index in [4.69, 9.17) is 5.73 Å². The SMILES string of the molecule is CCN(CC)CCCC(C)Nc1ccnc(C(N)=O)c1. The topological polar surface area (TPSA) is 71.2 Å². The standard InChI is InChI=1S/C15H26N4O/c1-4-19(5-2)10-6-7-12(3)18-13-8-9-17-14(11-13)15(16)20/h8-9,11-12H,4-7,10H2,1-3H3,(H2,16,20)(H,17,18). The molecule has 0 radical (unpaired) electrons. The third-order valence-corrected chi connectivity index (χ3v) is 3.43. The molecule has 5 heteroatoms. The number of carbonyl (C=O) groups is 1. The molecule has 112 valence electrons. The number of anilines is 1. The highest BCUT2D eigenvalue weighted by molar-refractivity contribution is 5.91. The van der Waals surface area contributed by atoms with Gasteiger partial charge in [-0.25, -0.2) is 0 Å². The van der Waals surface area contributed by atoms with Gasteiger partial charge < -0.3 is 16.0 Å². The predicted molar refractivity (Wildman–Crippen MR) is 82.9 cm³/mol. The highest BCUT2D eigenvalue weighted by Crippen LogP contribution is 2.11. The van der Waals surface area contributed by atoms with Gasteiger partial charge in [0.1, 0.15) is 5.69 Å². The fourth-order valence-electron chi connectivity index (χ4n) is 2.17. The molecule has 1 rings (SSSR count). The molecular weight excluding hydrogens is 252 g/mol. The van der Waals surface area contributed by atoms with E-state index in [1.165, 1.54) is 0 Å². The van der Waals surface area contributed by atoms with Crippen LogP contribution in [0.1, 0.15) is 44.1 Å². The first kappa shape index (κ1) is 16.4. The quantitative estimate of drug-likeness (QED) is 0.725. The molecule has 0 aliphatic rings. The fraction of sp³-hybridized carbons (Fsp3) is 0.600. The van der Waals surface area contributed by atoms with E-state index in [2.05, 4.69) is 36.0 Å². The summed E-state index contributed by atoms with van der Waals surface area (Å²) in [5.74, 6) is -0.497. The molecule has 0 aliphatic heterocycles. The largest absolute Gasteiger partial charge is 0.382 e. The Kier molecular flexibility index (Phi) is 7.01. The molecule has 1 atom stereocenters. The molecule has 0 spiro atoms. The fourth-order valence-corrected chi connectivity index (χ4v) is 2.17. The number of pyridine rings is 1. The smallest absolute Gasteiger partial charge is 0.267 e. The minimum absolute atomic E-state index is 0.297. The summed E-state index contributed by atoms with van der Waals surface area (Å²) in [7, 11) is 0. The van der Waals surface area contributed by atoms with Gasteiger partial charge in [-0.3, -0.25) is 9.78 Å². The highest BCUT2D eigenvalue weighted by Gasteiger charge is 2.07. The normalized spacial score (nSPS) is 12.4.